The molecule has 1 heterocycles. The van der Waals surface area contributed by atoms with Gasteiger partial charge in [0.2, 0.25) is 0 Å². The van der Waals surface area contributed by atoms with E-state index in [2.05, 4.69) is 100.0 Å². The molecule has 0 atom stereocenters. The molecule has 0 aliphatic heterocycles. The van der Waals surface area contributed by atoms with Crippen LogP contribution in [0.5, 0.6) is 0 Å². The Morgan fingerprint density at radius 3 is 2.21 bits per heavy atom. The molecule has 0 aliphatic carbocycles. The van der Waals surface area contributed by atoms with Crippen molar-refractivity contribution in [2.24, 2.45) is 0 Å². The van der Waals surface area contributed by atoms with Crippen molar-refractivity contribution >= 4 is 50.2 Å². The average molecular weight is 300 g/mol. The second-order valence-corrected chi connectivity index (χ2v) is 6.97. The first kappa shape index (κ1) is 15.7. The van der Waals surface area contributed by atoms with E-state index in [1.54, 1.807) is 0 Å². The minimum absolute atomic E-state index is 1.31. The van der Waals surface area contributed by atoms with Gasteiger partial charge in [-0.15, -0.1) is 0 Å². The summed E-state index contributed by atoms with van der Waals surface area (Å²) in [4.78, 5) is 0. The van der Waals surface area contributed by atoms with E-state index in [1.807, 2.05) is 0 Å². The van der Waals surface area contributed by atoms with Crippen LogP contribution in [-0.2, 0) is 0 Å². The summed E-state index contributed by atoms with van der Waals surface area (Å²) >= 11 is 2.17. The maximum absolute atomic E-state index is 2.33. The molecule has 0 fully saturated rings. The number of hydrogen-bond donors (Lipinski definition) is 0. The van der Waals surface area contributed by atoms with Gasteiger partial charge in [0.1, 0.15) is 0 Å². The third kappa shape index (κ3) is 2.53. The van der Waals surface area contributed by atoms with Crippen LogP contribution in [-0.4, -0.2) is 24.6 Å². The molecule has 0 amide bonds. The van der Waals surface area contributed by atoms with Gasteiger partial charge in [-0.1, -0.05) is 0 Å². The average Bonchev–Trinajstić information content (AvgIpc) is 2.53. The Morgan fingerprint density at radius 2 is 1.46 bits per heavy atom. The van der Waals surface area contributed by atoms with E-state index in [1.165, 1.54) is 53.4 Å². The van der Waals surface area contributed by atoms with Crippen LogP contribution >= 0.6 is 0 Å². The van der Waals surface area contributed by atoms with Gasteiger partial charge in [0.25, 0.3) is 0 Å². The van der Waals surface area contributed by atoms with Crippen molar-refractivity contribution < 1.29 is 0 Å². The van der Waals surface area contributed by atoms with E-state index in [9.17, 15) is 0 Å². The Balaban J connectivity index is 2.26. The summed E-state index contributed by atoms with van der Waals surface area (Å²) in [6.07, 6.45) is 0. The van der Waals surface area contributed by atoms with Gasteiger partial charge in [0.05, 0.1) is 0 Å². The van der Waals surface area contributed by atoms with Crippen molar-refractivity contribution in [1.29, 1.82) is 0 Å². The minimum atomic E-state index is 1.31. The summed E-state index contributed by atoms with van der Waals surface area (Å²) in [5.74, 6) is 0. The van der Waals surface area contributed by atoms with E-state index >= 15 is 0 Å². The van der Waals surface area contributed by atoms with Gasteiger partial charge in [-0.3, -0.25) is 0 Å². The standard InChI is InChI=1S/C22H18B.Li/c1-14-11-15(2)20(16(3)12-14)21-19-9-5-4-7-17(19)13-18-8-6-10-23-22(18)21;/h4-9,11-13H,1-3H3;. The van der Waals surface area contributed by atoms with E-state index < -0.39 is 0 Å². The number of benzene rings is 3. The Bertz CT molecular complexity index is 1070. The van der Waals surface area contributed by atoms with E-state index in [0.717, 1.165) is 0 Å². The predicted octanol–water partition coefficient (Wildman–Crippen LogP) is 4.72. The van der Waals surface area contributed by atoms with Crippen molar-refractivity contribution in [2.45, 2.75) is 20.8 Å². The molecule has 0 bridgehead atoms. The van der Waals surface area contributed by atoms with Crippen molar-refractivity contribution in [2.75, 3.05) is 0 Å². The second kappa shape index (κ2) is 5.92. The van der Waals surface area contributed by atoms with Gasteiger partial charge in [-0.2, -0.15) is 0 Å². The van der Waals surface area contributed by atoms with E-state index in [4.69, 9.17) is 0 Å². The number of fused-ring (bicyclic) bond motifs is 2. The summed E-state index contributed by atoms with van der Waals surface area (Å²) in [6.45, 7) is 8.97. The summed E-state index contributed by atoms with van der Waals surface area (Å²) < 4.78 is 1.31. The first-order valence-electron chi connectivity index (χ1n) is 8.55. The van der Waals surface area contributed by atoms with Crippen LogP contribution in [0.15, 0.2) is 54.6 Å². The molecule has 0 unspecified atom stereocenters. The van der Waals surface area contributed by atoms with Gasteiger partial charge < -0.3 is 0 Å². The molecule has 4 rings (SSSR count). The Morgan fingerprint density at radius 1 is 0.750 bits per heavy atom. The zero-order chi connectivity index (χ0) is 16.8. The van der Waals surface area contributed by atoms with Crippen LogP contribution in [0.3, 0.4) is 0 Å². The topological polar surface area (TPSA) is 0 Å². The maximum atomic E-state index is 2.33. The first-order chi connectivity index (χ1) is 11.5. The third-order valence-corrected chi connectivity index (χ3v) is 4.95. The molecule has 3 aromatic carbocycles. The molecule has 2 heteroatoms. The van der Waals surface area contributed by atoms with Crippen LogP contribution in [0, 0.1) is 20.8 Å². The summed E-state index contributed by atoms with van der Waals surface area (Å²) in [5, 5.41) is 5.31. The number of rotatable bonds is 1. The predicted molar refractivity (Wildman–Crippen MR) is 108 cm³/mol. The molecule has 0 nitrogen and oxygen atoms in total. The fourth-order valence-corrected chi connectivity index (χ4v) is 4.02. The molecule has 0 saturated heterocycles. The monoisotopic (exact) mass is 300 g/mol. The van der Waals surface area contributed by atoms with Gasteiger partial charge in [0, 0.05) is 0 Å². The molecule has 4 aromatic rings. The van der Waals surface area contributed by atoms with Crippen LogP contribution in [0.2, 0.25) is 0 Å². The van der Waals surface area contributed by atoms with Crippen molar-refractivity contribution in [3.05, 3.63) is 71.3 Å². The molecular weight excluding hydrogens is 282 g/mol. The molecule has 24 heavy (non-hydrogen) atoms. The fraction of sp³-hybridized carbons (Fsp3) is 0.136. The van der Waals surface area contributed by atoms with Crippen LogP contribution in [0.4, 0.5) is 0 Å². The van der Waals surface area contributed by atoms with Crippen LogP contribution in [0.1, 0.15) is 16.7 Å². The van der Waals surface area contributed by atoms with Gasteiger partial charge in [-0.05, 0) is 0 Å². The summed E-state index contributed by atoms with van der Waals surface area (Å²) in [5.41, 5.74) is 6.79. The zero-order valence-corrected chi connectivity index (χ0v) is 14.8. The van der Waals surface area contributed by atoms with Gasteiger partial charge in [0.15, 0.2) is 0 Å². The van der Waals surface area contributed by atoms with Gasteiger partial charge in [-0.25, -0.2) is 0 Å². The number of aryl methyl sites for hydroxylation is 3. The summed E-state index contributed by atoms with van der Waals surface area (Å²) in [7, 11) is 0. The Kier molecular flexibility index (Phi) is 3.88. The zero-order valence-electron chi connectivity index (χ0n) is 14.8. The first-order valence-corrected chi connectivity index (χ1v) is 8.55. The SMILES string of the molecule is [Li][c]1bc2c(-c3c(C)cc(C)cc3C)c3ccccc3cc2cc1. The normalized spacial score (nSPS) is 11.2. The van der Waals surface area contributed by atoms with Crippen molar-refractivity contribution in [3.8, 4) is 11.1 Å². The van der Waals surface area contributed by atoms with Gasteiger partial charge >= 0.3 is 153 Å². The van der Waals surface area contributed by atoms with Crippen molar-refractivity contribution in [1.82, 2.24) is 0 Å². The molecule has 1 aromatic heterocycles. The second-order valence-electron chi connectivity index (χ2n) is 6.97. The molecule has 0 N–H and O–H groups in total. The van der Waals surface area contributed by atoms with Crippen LogP contribution < -0.4 is 4.13 Å². The van der Waals surface area contributed by atoms with E-state index in [-0.39, 0.29) is 0 Å². The molecule has 0 saturated carbocycles. The molecule has 0 aliphatic rings. The Labute approximate surface area is 153 Å². The molecule has 0 spiro atoms. The Hall–Kier alpha value is -1.81. The fourth-order valence-electron chi connectivity index (χ4n) is 4.02. The molecule has 0 radical (unpaired) electrons. The van der Waals surface area contributed by atoms with Crippen molar-refractivity contribution in [3.63, 3.8) is 0 Å². The number of hydrogen-bond acceptors (Lipinski definition) is 0. The molecular formula is C22H18BLi. The third-order valence-electron chi connectivity index (χ3n) is 4.95. The molecule has 110 valence electrons. The van der Waals surface area contributed by atoms with Crippen LogP contribution in [0.25, 0.3) is 32.6 Å². The van der Waals surface area contributed by atoms with E-state index in [0.29, 0.717) is 0 Å². The quantitative estimate of drug-likeness (QED) is 0.352. The summed E-state index contributed by atoms with van der Waals surface area (Å²) in [6, 6.07) is 20.1.